The molecule has 0 fully saturated rings. The maximum Gasteiger partial charge on any atom is 0.216 e. The lowest BCUT2D eigenvalue weighted by Crippen LogP contribution is -2.22. The predicted molar refractivity (Wildman–Crippen MR) is 82.9 cm³/mol. The second-order valence-electron chi connectivity index (χ2n) is 4.27. The Morgan fingerprint density at radius 3 is 2.86 bits per heavy atom. The molecule has 0 aliphatic heterocycles. The first-order chi connectivity index (χ1) is 10.2. The minimum absolute atomic E-state index is 0.0272. The average molecular weight is 303 g/mol. The summed E-state index contributed by atoms with van der Waals surface area (Å²) in [6.07, 6.45) is 5.27. The molecule has 0 atom stereocenters. The zero-order valence-electron chi connectivity index (χ0n) is 11.8. The highest BCUT2D eigenvalue weighted by Gasteiger charge is 2.13. The normalized spacial score (nSPS) is 10.3. The minimum atomic E-state index is -0.0272. The Hall–Kier alpha value is -2.15. The first-order valence-electron chi connectivity index (χ1n) is 6.54. The maximum atomic E-state index is 10.8. The monoisotopic (exact) mass is 303 g/mol. The second-order valence-corrected chi connectivity index (χ2v) is 5.33. The molecule has 0 aromatic carbocycles. The lowest BCUT2D eigenvalue weighted by molar-refractivity contribution is -0.118. The van der Waals surface area contributed by atoms with Gasteiger partial charge >= 0.3 is 0 Å². The molecule has 2 aromatic heterocycles. The Balaban J connectivity index is 2.13. The van der Waals surface area contributed by atoms with Gasteiger partial charge in [-0.1, -0.05) is 17.8 Å². The molecule has 6 nitrogen and oxygen atoms in total. The molecule has 0 bridgehead atoms. The summed E-state index contributed by atoms with van der Waals surface area (Å²) >= 11 is 1.56. The van der Waals surface area contributed by atoms with Crippen LogP contribution in [0.5, 0.6) is 0 Å². The maximum absolute atomic E-state index is 10.8. The lowest BCUT2D eigenvalue weighted by Gasteiger charge is -2.07. The molecular weight excluding hydrogens is 286 g/mol. The molecule has 1 N–H and O–H groups in total. The molecular formula is C14H17N5OS. The Kier molecular flexibility index (Phi) is 5.51. The zero-order chi connectivity index (χ0) is 15.1. The smallest absolute Gasteiger partial charge is 0.216 e. The fraction of sp³-hybridized carbons (Fsp3) is 0.286. The molecule has 2 aromatic rings. The van der Waals surface area contributed by atoms with Crippen LogP contribution in [0.3, 0.4) is 0 Å². The van der Waals surface area contributed by atoms with Crippen LogP contribution in [0.15, 0.2) is 42.3 Å². The van der Waals surface area contributed by atoms with Crippen molar-refractivity contribution in [3.63, 3.8) is 0 Å². The van der Waals surface area contributed by atoms with Gasteiger partial charge in [0.05, 0.1) is 0 Å². The third kappa shape index (κ3) is 4.16. The largest absolute Gasteiger partial charge is 0.356 e. The van der Waals surface area contributed by atoms with E-state index in [0.29, 0.717) is 13.1 Å². The molecule has 0 saturated heterocycles. The van der Waals surface area contributed by atoms with E-state index in [1.807, 2.05) is 22.8 Å². The van der Waals surface area contributed by atoms with Crippen molar-refractivity contribution in [1.29, 1.82) is 0 Å². The van der Waals surface area contributed by atoms with Crippen LogP contribution in [0.4, 0.5) is 0 Å². The van der Waals surface area contributed by atoms with Crippen molar-refractivity contribution >= 4 is 17.7 Å². The molecule has 0 saturated carbocycles. The number of carbonyl (C=O) groups excluding carboxylic acids is 1. The predicted octanol–water partition coefficient (Wildman–Crippen LogP) is 1.75. The lowest BCUT2D eigenvalue weighted by atomic mass is 10.2. The van der Waals surface area contributed by atoms with Gasteiger partial charge < -0.3 is 5.32 Å². The fourth-order valence-electron chi connectivity index (χ4n) is 1.77. The van der Waals surface area contributed by atoms with Gasteiger partial charge in [-0.25, -0.2) is 0 Å². The van der Waals surface area contributed by atoms with E-state index in [4.69, 9.17) is 0 Å². The summed E-state index contributed by atoms with van der Waals surface area (Å²) in [4.78, 5) is 14.8. The highest BCUT2D eigenvalue weighted by molar-refractivity contribution is 7.99. The Bertz CT molecular complexity index is 611. The third-order valence-electron chi connectivity index (χ3n) is 2.67. The number of hydrogen-bond donors (Lipinski definition) is 1. The number of nitrogens with zero attached hydrogens (tertiary/aromatic N) is 4. The molecule has 2 rings (SSSR count). The van der Waals surface area contributed by atoms with Gasteiger partial charge in [0.2, 0.25) is 5.91 Å². The molecule has 21 heavy (non-hydrogen) atoms. The Morgan fingerprint density at radius 2 is 2.19 bits per heavy atom. The van der Waals surface area contributed by atoms with Crippen molar-refractivity contribution in [3.05, 3.63) is 37.2 Å². The number of carbonyl (C=O) groups is 1. The van der Waals surface area contributed by atoms with Gasteiger partial charge in [0.15, 0.2) is 11.0 Å². The molecule has 0 unspecified atom stereocenters. The highest BCUT2D eigenvalue weighted by atomic mass is 32.2. The Morgan fingerprint density at radius 1 is 1.43 bits per heavy atom. The van der Waals surface area contributed by atoms with E-state index in [-0.39, 0.29) is 5.91 Å². The van der Waals surface area contributed by atoms with Gasteiger partial charge in [0.1, 0.15) is 0 Å². The third-order valence-corrected chi connectivity index (χ3v) is 3.64. The van der Waals surface area contributed by atoms with Gasteiger partial charge in [-0.05, 0) is 12.1 Å². The van der Waals surface area contributed by atoms with E-state index in [2.05, 4.69) is 27.1 Å². The molecule has 0 spiro atoms. The summed E-state index contributed by atoms with van der Waals surface area (Å²) in [5.41, 5.74) is 0.966. The van der Waals surface area contributed by atoms with Crippen molar-refractivity contribution in [1.82, 2.24) is 25.1 Å². The van der Waals surface area contributed by atoms with E-state index in [9.17, 15) is 4.79 Å². The van der Waals surface area contributed by atoms with Gasteiger partial charge in [0.25, 0.3) is 0 Å². The standard InChI is InChI=1S/C14H17N5OS/c1-3-9-19-13(12-4-6-15-7-5-12)17-18-14(19)21-10-8-16-11(2)20/h3-7H,1,8-10H2,2H3,(H,16,20). The SMILES string of the molecule is C=CCn1c(SCCNC(C)=O)nnc1-c1ccncc1. The highest BCUT2D eigenvalue weighted by Crippen LogP contribution is 2.23. The molecule has 0 aliphatic rings. The van der Waals surface area contributed by atoms with Crippen molar-refractivity contribution in [2.24, 2.45) is 0 Å². The number of aromatic nitrogens is 4. The van der Waals surface area contributed by atoms with Crippen LogP contribution in [0.1, 0.15) is 6.92 Å². The molecule has 0 aliphatic carbocycles. The van der Waals surface area contributed by atoms with Gasteiger partial charge in [-0.15, -0.1) is 16.8 Å². The number of hydrogen-bond acceptors (Lipinski definition) is 5. The molecule has 1 amide bonds. The average Bonchev–Trinajstić information content (AvgIpc) is 2.88. The summed E-state index contributed by atoms with van der Waals surface area (Å²) in [5, 5.41) is 12.0. The van der Waals surface area contributed by atoms with Crippen LogP contribution >= 0.6 is 11.8 Å². The van der Waals surface area contributed by atoms with Crippen LogP contribution in [-0.4, -0.2) is 38.0 Å². The van der Waals surface area contributed by atoms with E-state index >= 15 is 0 Å². The van der Waals surface area contributed by atoms with Crippen molar-refractivity contribution in [3.8, 4) is 11.4 Å². The number of nitrogens with one attached hydrogen (secondary N) is 1. The van der Waals surface area contributed by atoms with Crippen LogP contribution in [0.2, 0.25) is 0 Å². The van der Waals surface area contributed by atoms with Gasteiger partial charge in [0, 0.05) is 43.7 Å². The molecule has 0 radical (unpaired) electrons. The quantitative estimate of drug-likeness (QED) is 0.479. The van der Waals surface area contributed by atoms with E-state index in [0.717, 1.165) is 22.3 Å². The first-order valence-corrected chi connectivity index (χ1v) is 7.52. The van der Waals surface area contributed by atoms with Gasteiger partial charge in [-0.3, -0.25) is 14.3 Å². The van der Waals surface area contributed by atoms with Gasteiger partial charge in [-0.2, -0.15) is 0 Å². The van der Waals surface area contributed by atoms with Crippen LogP contribution in [0, 0.1) is 0 Å². The van der Waals surface area contributed by atoms with E-state index in [1.54, 1.807) is 24.2 Å². The second kappa shape index (κ2) is 7.58. The molecule has 110 valence electrons. The summed E-state index contributed by atoms with van der Waals surface area (Å²) in [7, 11) is 0. The zero-order valence-corrected chi connectivity index (χ0v) is 12.6. The van der Waals surface area contributed by atoms with Crippen molar-refractivity contribution < 1.29 is 4.79 Å². The van der Waals surface area contributed by atoms with E-state index < -0.39 is 0 Å². The van der Waals surface area contributed by atoms with Crippen molar-refractivity contribution in [2.75, 3.05) is 12.3 Å². The summed E-state index contributed by atoms with van der Waals surface area (Å²) in [6.45, 7) is 6.52. The minimum Gasteiger partial charge on any atom is -0.356 e. The van der Waals surface area contributed by atoms with Crippen LogP contribution < -0.4 is 5.32 Å². The molecule has 2 heterocycles. The van der Waals surface area contributed by atoms with Crippen LogP contribution in [0.25, 0.3) is 11.4 Å². The summed E-state index contributed by atoms with van der Waals surface area (Å²) in [5.74, 6) is 1.51. The van der Waals surface area contributed by atoms with Crippen molar-refractivity contribution in [2.45, 2.75) is 18.6 Å². The first kappa shape index (κ1) is 15.2. The summed E-state index contributed by atoms with van der Waals surface area (Å²) in [6, 6.07) is 3.80. The number of amides is 1. The van der Waals surface area contributed by atoms with Crippen LogP contribution in [-0.2, 0) is 11.3 Å². The molecule has 7 heteroatoms. The summed E-state index contributed by atoms with van der Waals surface area (Å²) < 4.78 is 2.00. The number of pyridine rings is 1. The number of rotatable bonds is 7. The fourth-order valence-corrected chi connectivity index (χ4v) is 2.58. The number of thioether (sulfide) groups is 1. The van der Waals surface area contributed by atoms with E-state index in [1.165, 1.54) is 6.92 Å². The Labute approximate surface area is 127 Å². The number of allylic oxidation sites excluding steroid dienone is 1. The topological polar surface area (TPSA) is 72.7 Å².